The molecule has 0 bridgehead atoms. The van der Waals surface area contributed by atoms with Crippen LogP contribution in [0.15, 0.2) is 24.4 Å². The van der Waals surface area contributed by atoms with Gasteiger partial charge in [-0.15, -0.1) is 0 Å². The summed E-state index contributed by atoms with van der Waals surface area (Å²) in [7, 11) is 0. The van der Waals surface area contributed by atoms with Crippen molar-refractivity contribution in [1.82, 2.24) is 5.32 Å². The highest BCUT2D eigenvalue weighted by atomic mass is 16.4. The summed E-state index contributed by atoms with van der Waals surface area (Å²) in [6.45, 7) is 1.73. The van der Waals surface area contributed by atoms with E-state index in [0.717, 1.165) is 0 Å². The van der Waals surface area contributed by atoms with Crippen LogP contribution in [-0.4, -0.2) is 33.6 Å². The lowest BCUT2D eigenvalue weighted by molar-refractivity contribution is -0.159. The molecule has 0 aromatic carbocycles. The van der Waals surface area contributed by atoms with Crippen LogP contribution >= 0.6 is 0 Å². The topological polar surface area (TPSA) is 130 Å². The molecule has 0 fully saturated rings. The number of carboxylic acid groups (broad SMARTS) is 2. The van der Waals surface area contributed by atoms with Gasteiger partial charge in [0.05, 0.1) is 0 Å². The van der Waals surface area contributed by atoms with Gasteiger partial charge in [0.25, 0.3) is 0 Å². The molecule has 1 atom stereocenters. The van der Waals surface area contributed by atoms with E-state index >= 15 is 0 Å². The van der Waals surface area contributed by atoms with Crippen molar-refractivity contribution >= 4 is 17.8 Å². The quantitative estimate of drug-likeness (QED) is 0.428. The molecule has 0 radical (unpaired) electrons. The van der Waals surface area contributed by atoms with Gasteiger partial charge in [0.1, 0.15) is 5.54 Å². The molecule has 0 saturated heterocycles. The average Bonchev–Trinajstić information content (AvgIpc) is 2.19. The molecule has 1 aliphatic rings. The summed E-state index contributed by atoms with van der Waals surface area (Å²) >= 11 is 0. The van der Waals surface area contributed by atoms with Crippen molar-refractivity contribution in [2.75, 3.05) is 0 Å². The first kappa shape index (κ1) is 13.7. The van der Waals surface area contributed by atoms with E-state index in [1.54, 1.807) is 25.3 Å². The number of amides is 1. The number of hydrogen-bond acceptors (Lipinski definition) is 4. The monoisotopic (exact) mass is 228 g/mol. The number of aliphatic carboxylic acids is 2. The van der Waals surface area contributed by atoms with Crippen molar-refractivity contribution in [3.8, 4) is 0 Å². The third kappa shape index (κ3) is 4.27. The van der Waals surface area contributed by atoms with Crippen molar-refractivity contribution in [1.29, 1.82) is 0 Å². The fourth-order valence-electron chi connectivity index (χ4n) is 0.726. The summed E-state index contributed by atoms with van der Waals surface area (Å²) in [5, 5.41) is 17.6. The highest BCUT2D eigenvalue weighted by Gasteiger charge is 2.26. The molecule has 7 nitrogen and oxygen atoms in total. The second-order valence-electron chi connectivity index (χ2n) is 3.04. The Bertz CT molecular complexity index is 349. The van der Waals surface area contributed by atoms with Crippen LogP contribution in [0.3, 0.4) is 0 Å². The van der Waals surface area contributed by atoms with Crippen LogP contribution in [0.1, 0.15) is 6.92 Å². The first-order chi connectivity index (χ1) is 7.29. The van der Waals surface area contributed by atoms with Crippen molar-refractivity contribution in [2.45, 2.75) is 12.5 Å². The predicted molar refractivity (Wildman–Crippen MR) is 54.3 cm³/mol. The minimum atomic E-state index is -1.82. The number of carbonyl (C=O) groups excluding carboxylic acids is 1. The van der Waals surface area contributed by atoms with Gasteiger partial charge >= 0.3 is 11.9 Å². The fourth-order valence-corrected chi connectivity index (χ4v) is 0.726. The van der Waals surface area contributed by atoms with Gasteiger partial charge in [-0.1, -0.05) is 12.2 Å². The largest absolute Gasteiger partial charge is 0.473 e. The van der Waals surface area contributed by atoms with Crippen LogP contribution in [0.25, 0.3) is 0 Å². The minimum Gasteiger partial charge on any atom is -0.473 e. The molecule has 88 valence electrons. The molecule has 1 rings (SSSR count). The van der Waals surface area contributed by atoms with Crippen LogP contribution < -0.4 is 11.1 Å². The predicted octanol–water partition coefficient (Wildman–Crippen LogP) is -0.941. The lowest BCUT2D eigenvalue weighted by Crippen LogP contribution is -2.50. The number of carbonyl (C=O) groups is 3. The lowest BCUT2D eigenvalue weighted by atomic mass is 10.00. The number of rotatable bonds is 1. The Hall–Kier alpha value is -2.31. The average molecular weight is 228 g/mol. The third-order valence-corrected chi connectivity index (χ3v) is 1.71. The molecule has 0 saturated carbocycles. The van der Waals surface area contributed by atoms with Gasteiger partial charge in [0.15, 0.2) is 0 Å². The molecule has 16 heavy (non-hydrogen) atoms. The van der Waals surface area contributed by atoms with Gasteiger partial charge in [-0.05, 0) is 19.2 Å². The first-order valence-corrected chi connectivity index (χ1v) is 4.18. The molecular formula is C9H12N2O5. The van der Waals surface area contributed by atoms with Crippen LogP contribution in [-0.2, 0) is 14.4 Å². The number of primary amides is 1. The molecule has 7 heteroatoms. The number of nitrogens with two attached hydrogens (primary N) is 1. The van der Waals surface area contributed by atoms with E-state index in [1.807, 2.05) is 6.08 Å². The first-order valence-electron chi connectivity index (χ1n) is 4.18. The van der Waals surface area contributed by atoms with Gasteiger partial charge in [-0.25, -0.2) is 9.59 Å². The van der Waals surface area contributed by atoms with E-state index in [9.17, 15) is 4.79 Å². The normalized spacial score (nSPS) is 21.3. The van der Waals surface area contributed by atoms with Crippen molar-refractivity contribution in [3.05, 3.63) is 24.4 Å². The van der Waals surface area contributed by atoms with Gasteiger partial charge in [0.2, 0.25) is 5.91 Å². The van der Waals surface area contributed by atoms with E-state index in [0.29, 0.717) is 0 Å². The van der Waals surface area contributed by atoms with Crippen LogP contribution in [0, 0.1) is 0 Å². The zero-order chi connectivity index (χ0) is 12.8. The second kappa shape index (κ2) is 5.54. The van der Waals surface area contributed by atoms with Gasteiger partial charge < -0.3 is 21.3 Å². The van der Waals surface area contributed by atoms with E-state index in [4.69, 9.17) is 25.5 Å². The standard InChI is InChI=1S/C7H10N2O.C2H2O4/c1-7(6(8)10)4-2-3-5-9-7;3-1(4)2(5)6/h2-5,9H,1H3,(H2,8,10);(H,3,4)(H,5,6). The zero-order valence-electron chi connectivity index (χ0n) is 8.51. The van der Waals surface area contributed by atoms with Crippen LogP contribution in [0.4, 0.5) is 0 Å². The smallest absolute Gasteiger partial charge is 0.414 e. The number of carboxylic acids is 2. The van der Waals surface area contributed by atoms with Crippen LogP contribution in [0.5, 0.6) is 0 Å². The van der Waals surface area contributed by atoms with E-state index in [-0.39, 0.29) is 5.91 Å². The van der Waals surface area contributed by atoms with E-state index in [2.05, 4.69) is 5.32 Å². The van der Waals surface area contributed by atoms with Gasteiger partial charge in [-0.2, -0.15) is 0 Å². The Morgan fingerprint density at radius 3 is 1.88 bits per heavy atom. The fraction of sp³-hybridized carbons (Fsp3) is 0.222. The second-order valence-corrected chi connectivity index (χ2v) is 3.04. The summed E-state index contributed by atoms with van der Waals surface area (Å²) in [6, 6.07) is 0. The van der Waals surface area contributed by atoms with Crippen molar-refractivity contribution in [3.63, 3.8) is 0 Å². The Labute approximate surface area is 91.2 Å². The molecular weight excluding hydrogens is 216 g/mol. The Balaban J connectivity index is 0.000000325. The maximum Gasteiger partial charge on any atom is 0.414 e. The van der Waals surface area contributed by atoms with E-state index in [1.165, 1.54) is 0 Å². The number of nitrogens with one attached hydrogen (secondary N) is 1. The molecule has 1 aliphatic heterocycles. The molecule has 0 aromatic heterocycles. The van der Waals surface area contributed by atoms with Crippen molar-refractivity contribution in [2.24, 2.45) is 5.73 Å². The molecule has 0 spiro atoms. The summed E-state index contributed by atoms with van der Waals surface area (Å²) < 4.78 is 0. The summed E-state index contributed by atoms with van der Waals surface area (Å²) in [6.07, 6.45) is 7.03. The molecule has 1 heterocycles. The summed E-state index contributed by atoms with van der Waals surface area (Å²) in [5.41, 5.74) is 4.42. The van der Waals surface area contributed by atoms with E-state index < -0.39 is 17.5 Å². The molecule has 5 N–H and O–H groups in total. The highest BCUT2D eigenvalue weighted by molar-refractivity contribution is 6.27. The Morgan fingerprint density at radius 1 is 1.19 bits per heavy atom. The number of hydrogen-bond donors (Lipinski definition) is 4. The molecule has 1 amide bonds. The Kier molecular flexibility index (Phi) is 4.74. The van der Waals surface area contributed by atoms with Gasteiger partial charge in [-0.3, -0.25) is 4.79 Å². The maximum absolute atomic E-state index is 10.8. The number of allylic oxidation sites excluding steroid dienone is 2. The summed E-state index contributed by atoms with van der Waals surface area (Å²) in [5.74, 6) is -4.02. The Morgan fingerprint density at radius 2 is 1.69 bits per heavy atom. The molecule has 1 unspecified atom stereocenters. The SMILES string of the molecule is CC1(C(N)=O)C=CC=CN1.O=C(O)C(=O)O. The van der Waals surface area contributed by atoms with Crippen LogP contribution in [0.2, 0.25) is 0 Å². The maximum atomic E-state index is 10.8. The zero-order valence-corrected chi connectivity index (χ0v) is 8.51. The molecule has 0 aromatic rings. The highest BCUT2D eigenvalue weighted by Crippen LogP contribution is 2.07. The van der Waals surface area contributed by atoms with Crippen molar-refractivity contribution < 1.29 is 24.6 Å². The minimum absolute atomic E-state index is 0.367. The lowest BCUT2D eigenvalue weighted by Gasteiger charge is -2.24. The summed E-state index contributed by atoms with van der Waals surface area (Å²) in [4.78, 5) is 28.9. The molecule has 0 aliphatic carbocycles. The third-order valence-electron chi connectivity index (χ3n) is 1.71. The van der Waals surface area contributed by atoms with Gasteiger partial charge in [0, 0.05) is 0 Å². The number of dihydropyridines is 1.